The molecule has 9 nitrogen and oxygen atoms in total. The van der Waals surface area contributed by atoms with Crippen molar-refractivity contribution in [2.24, 2.45) is 10.2 Å². The summed E-state index contributed by atoms with van der Waals surface area (Å²) in [5, 5.41) is 24.1. The summed E-state index contributed by atoms with van der Waals surface area (Å²) < 4.78 is 1.13. The fourth-order valence-electron chi connectivity index (χ4n) is 1.69. The van der Waals surface area contributed by atoms with Crippen molar-refractivity contribution >= 4 is 34.4 Å². The molecule has 0 saturated heterocycles. The second kappa shape index (κ2) is 6.26. The maximum Gasteiger partial charge on any atom is 0.301 e. The Hall–Kier alpha value is -2.88. The fraction of sp³-hybridized carbons (Fsp3) is 0.167. The van der Waals surface area contributed by atoms with Gasteiger partial charge >= 0.3 is 5.56 Å². The number of rotatable bonds is 3. The minimum atomic E-state index is -0.529. The maximum absolute atomic E-state index is 12.1. The van der Waals surface area contributed by atoms with Gasteiger partial charge in [-0.3, -0.25) is 20.0 Å². The summed E-state index contributed by atoms with van der Waals surface area (Å²) in [6, 6.07) is 5.65. The zero-order valence-corrected chi connectivity index (χ0v) is 12.5. The van der Waals surface area contributed by atoms with E-state index in [1.165, 1.54) is 18.2 Å². The smallest absolute Gasteiger partial charge is 0.301 e. The van der Waals surface area contributed by atoms with Gasteiger partial charge in [-0.05, 0) is 25.2 Å². The molecule has 0 fully saturated rings. The number of aromatic amines is 1. The molecular formula is C12H12N6O3S. The minimum absolute atomic E-state index is 0.0871. The van der Waals surface area contributed by atoms with Crippen molar-refractivity contribution in [1.82, 2.24) is 15.1 Å². The summed E-state index contributed by atoms with van der Waals surface area (Å²) in [5.74, 6) is 0. The van der Waals surface area contributed by atoms with E-state index in [2.05, 4.69) is 20.6 Å². The third-order valence-corrected chi connectivity index (χ3v) is 3.15. The molecular weight excluding hydrogens is 308 g/mol. The van der Waals surface area contributed by atoms with E-state index in [1.807, 2.05) is 0 Å². The Labute approximate surface area is 129 Å². The molecule has 2 N–H and O–H groups in total. The summed E-state index contributed by atoms with van der Waals surface area (Å²) >= 11 is 4.98. The highest BCUT2D eigenvalue weighted by Crippen LogP contribution is 2.22. The molecule has 114 valence electrons. The molecule has 0 aliphatic heterocycles. The minimum Gasteiger partial charge on any atom is -0.364 e. The van der Waals surface area contributed by atoms with Crippen LogP contribution in [0.1, 0.15) is 5.69 Å². The van der Waals surface area contributed by atoms with E-state index in [0.29, 0.717) is 5.69 Å². The first-order valence-electron chi connectivity index (χ1n) is 6.14. The Balaban J connectivity index is 2.37. The van der Waals surface area contributed by atoms with Gasteiger partial charge in [0.25, 0.3) is 5.69 Å². The van der Waals surface area contributed by atoms with Crippen molar-refractivity contribution in [3.8, 4) is 0 Å². The molecule has 1 aromatic carbocycles. The Kier molecular flexibility index (Phi) is 4.41. The molecule has 0 unspecified atom stereocenters. The average molecular weight is 320 g/mol. The molecule has 2 aromatic rings. The standard InChI is InChI=1S/C12H12N6O3S/c1-7-10(11(19)17(16-7)12(22)13-2)15-14-8-4-3-5-9(6-8)18(20)21/h3-6,16H,1-2H3,(H,13,22). The molecule has 0 aliphatic rings. The van der Waals surface area contributed by atoms with Crippen molar-refractivity contribution < 1.29 is 4.92 Å². The number of nitro benzene ring substituents is 1. The number of hydrogen-bond donors (Lipinski definition) is 2. The number of aryl methyl sites for hydroxylation is 1. The van der Waals surface area contributed by atoms with Gasteiger partial charge in [-0.15, -0.1) is 5.11 Å². The van der Waals surface area contributed by atoms with Crippen LogP contribution in [0.2, 0.25) is 0 Å². The molecule has 1 aromatic heterocycles. The first-order valence-corrected chi connectivity index (χ1v) is 6.54. The summed E-state index contributed by atoms with van der Waals surface area (Å²) in [4.78, 5) is 22.3. The van der Waals surface area contributed by atoms with Crippen molar-refractivity contribution in [3.05, 3.63) is 50.4 Å². The topological polar surface area (TPSA) is 118 Å². The van der Waals surface area contributed by atoms with E-state index in [0.717, 1.165) is 4.68 Å². The van der Waals surface area contributed by atoms with Crippen LogP contribution < -0.4 is 10.9 Å². The average Bonchev–Trinajstić information content (AvgIpc) is 2.79. The lowest BCUT2D eigenvalue weighted by Gasteiger charge is -2.00. The molecule has 0 atom stereocenters. The van der Waals surface area contributed by atoms with Gasteiger partial charge in [0, 0.05) is 19.2 Å². The van der Waals surface area contributed by atoms with E-state index < -0.39 is 10.5 Å². The van der Waals surface area contributed by atoms with Crippen molar-refractivity contribution in [1.29, 1.82) is 0 Å². The van der Waals surface area contributed by atoms with Gasteiger partial charge in [0.1, 0.15) is 0 Å². The van der Waals surface area contributed by atoms with Crippen LogP contribution in [0.25, 0.3) is 0 Å². The number of non-ortho nitro benzene ring substituents is 1. The summed E-state index contributed by atoms with van der Waals surface area (Å²) in [6.45, 7) is 1.65. The van der Waals surface area contributed by atoms with E-state index in [1.54, 1.807) is 20.0 Å². The highest BCUT2D eigenvalue weighted by molar-refractivity contribution is 7.80. The fourth-order valence-corrected chi connectivity index (χ4v) is 1.82. The highest BCUT2D eigenvalue weighted by Gasteiger charge is 2.13. The lowest BCUT2D eigenvalue weighted by atomic mass is 10.3. The van der Waals surface area contributed by atoms with E-state index in [-0.39, 0.29) is 22.2 Å². The Morgan fingerprint density at radius 2 is 2.18 bits per heavy atom. The number of hydrogen-bond acceptors (Lipinski definition) is 6. The van der Waals surface area contributed by atoms with Crippen LogP contribution in [-0.4, -0.2) is 26.9 Å². The van der Waals surface area contributed by atoms with E-state index >= 15 is 0 Å². The monoisotopic (exact) mass is 320 g/mol. The van der Waals surface area contributed by atoms with Crippen LogP contribution in [-0.2, 0) is 0 Å². The summed E-state index contributed by atoms with van der Waals surface area (Å²) in [6.07, 6.45) is 0. The predicted molar refractivity (Wildman–Crippen MR) is 84.1 cm³/mol. The zero-order chi connectivity index (χ0) is 16.3. The number of nitro groups is 1. The number of H-pyrrole nitrogens is 1. The molecule has 0 radical (unpaired) electrons. The Morgan fingerprint density at radius 3 is 2.82 bits per heavy atom. The Bertz CT molecular complexity index is 823. The number of aromatic nitrogens is 2. The van der Waals surface area contributed by atoms with Crippen molar-refractivity contribution in [2.75, 3.05) is 7.05 Å². The summed E-state index contributed by atoms with van der Waals surface area (Å²) in [5.41, 5.74) is 0.292. The number of thiocarbonyl (C=S) groups is 1. The second-order valence-electron chi connectivity index (χ2n) is 4.26. The lowest BCUT2D eigenvalue weighted by molar-refractivity contribution is -0.384. The summed E-state index contributed by atoms with van der Waals surface area (Å²) in [7, 11) is 1.59. The number of nitrogens with zero attached hydrogens (tertiary/aromatic N) is 4. The maximum atomic E-state index is 12.1. The van der Waals surface area contributed by atoms with E-state index in [9.17, 15) is 14.9 Å². The number of benzene rings is 1. The molecule has 10 heteroatoms. The van der Waals surface area contributed by atoms with Gasteiger partial charge < -0.3 is 5.32 Å². The van der Waals surface area contributed by atoms with Crippen molar-refractivity contribution in [3.63, 3.8) is 0 Å². The normalized spacial score (nSPS) is 10.8. The van der Waals surface area contributed by atoms with Gasteiger partial charge in [0.2, 0.25) is 0 Å². The molecule has 0 aliphatic carbocycles. The largest absolute Gasteiger partial charge is 0.364 e. The third kappa shape index (κ3) is 3.06. The van der Waals surface area contributed by atoms with Crippen LogP contribution in [0.5, 0.6) is 0 Å². The van der Waals surface area contributed by atoms with Crippen LogP contribution in [0.15, 0.2) is 39.3 Å². The number of nitrogens with one attached hydrogen (secondary N) is 2. The molecule has 1 heterocycles. The molecule has 2 rings (SSSR count). The number of azo groups is 1. The van der Waals surface area contributed by atoms with Gasteiger partial charge in [-0.1, -0.05) is 6.07 Å². The van der Waals surface area contributed by atoms with Crippen LogP contribution >= 0.6 is 12.2 Å². The highest BCUT2D eigenvalue weighted by atomic mass is 32.1. The van der Waals surface area contributed by atoms with Crippen LogP contribution in [0.4, 0.5) is 17.1 Å². The Morgan fingerprint density at radius 1 is 1.45 bits per heavy atom. The van der Waals surface area contributed by atoms with Crippen LogP contribution in [0, 0.1) is 17.0 Å². The molecule has 0 bridgehead atoms. The van der Waals surface area contributed by atoms with E-state index in [4.69, 9.17) is 12.2 Å². The third-order valence-electron chi connectivity index (χ3n) is 2.76. The first kappa shape index (κ1) is 15.5. The SMILES string of the molecule is CNC(=S)n1[nH]c(C)c(N=Nc2cccc([N+](=O)[O-])c2)c1=O. The first-order chi connectivity index (χ1) is 10.4. The molecule has 0 amide bonds. The molecule has 22 heavy (non-hydrogen) atoms. The quantitative estimate of drug-likeness (QED) is 0.389. The van der Waals surface area contributed by atoms with Gasteiger partial charge in [0.05, 0.1) is 16.3 Å². The molecule has 0 saturated carbocycles. The second-order valence-corrected chi connectivity index (χ2v) is 4.64. The lowest BCUT2D eigenvalue weighted by Crippen LogP contribution is -2.32. The zero-order valence-electron chi connectivity index (χ0n) is 11.7. The van der Waals surface area contributed by atoms with Crippen molar-refractivity contribution in [2.45, 2.75) is 6.92 Å². The van der Waals surface area contributed by atoms with Gasteiger partial charge in [0.15, 0.2) is 10.8 Å². The van der Waals surface area contributed by atoms with Gasteiger partial charge in [-0.2, -0.15) is 9.80 Å². The molecule has 0 spiro atoms. The van der Waals surface area contributed by atoms with Gasteiger partial charge in [-0.25, -0.2) is 0 Å². The van der Waals surface area contributed by atoms with Crippen LogP contribution in [0.3, 0.4) is 0 Å². The predicted octanol–water partition coefficient (Wildman–Crippen LogP) is 2.16.